The van der Waals surface area contributed by atoms with Gasteiger partial charge in [0.15, 0.2) is 0 Å². The van der Waals surface area contributed by atoms with E-state index in [9.17, 15) is 22.8 Å². The number of aryl methyl sites for hydroxylation is 1. The molecule has 310 valence electrons. The number of hydrogen-bond acceptors (Lipinski definition) is 9. The summed E-state index contributed by atoms with van der Waals surface area (Å²) in [6.07, 6.45) is 2.95. The molecule has 0 unspecified atom stereocenters. The van der Waals surface area contributed by atoms with Crippen LogP contribution in [0.1, 0.15) is 52.0 Å². The molecule has 1 saturated heterocycles. The van der Waals surface area contributed by atoms with Crippen molar-refractivity contribution in [3.05, 3.63) is 102 Å². The smallest absolute Gasteiger partial charge is 0.264 e. The van der Waals surface area contributed by atoms with E-state index < -0.39 is 15.9 Å². The Morgan fingerprint density at radius 1 is 0.879 bits per heavy atom. The highest BCUT2D eigenvalue weighted by atomic mass is 35.5. The van der Waals surface area contributed by atoms with E-state index in [1.807, 2.05) is 30.0 Å². The summed E-state index contributed by atoms with van der Waals surface area (Å²) in [6, 6.07) is 23.2. The first kappa shape index (κ1) is 45.4. The van der Waals surface area contributed by atoms with Gasteiger partial charge in [0.1, 0.15) is 17.0 Å². The molecule has 5 aromatic rings. The highest BCUT2D eigenvalue weighted by Crippen LogP contribution is 2.32. The van der Waals surface area contributed by atoms with E-state index in [1.165, 1.54) is 24.1 Å². The zero-order chi connectivity index (χ0) is 39.8. The van der Waals surface area contributed by atoms with E-state index in [0.29, 0.717) is 41.2 Å². The molecule has 17 heteroatoms. The number of carbonyl (C=O) groups excluding carboxylic acids is 3. The second-order valence-corrected chi connectivity index (χ2v) is 15.4. The number of carbonyl (C=O) groups is 3. The number of sulfonamides is 1. The maximum Gasteiger partial charge on any atom is 0.264 e. The predicted molar refractivity (Wildman–Crippen MR) is 231 cm³/mol. The van der Waals surface area contributed by atoms with E-state index in [2.05, 4.69) is 32.0 Å². The average Bonchev–Trinajstić information content (AvgIpc) is 3.61. The molecule has 0 bridgehead atoms. The molecule has 0 saturated carbocycles. The number of hydrogen-bond donors (Lipinski definition) is 3. The van der Waals surface area contributed by atoms with Gasteiger partial charge in [0, 0.05) is 45.2 Å². The number of nitrogens with zero attached hydrogens (tertiary/aromatic N) is 4. The van der Waals surface area contributed by atoms with Crippen molar-refractivity contribution in [3.63, 3.8) is 0 Å². The molecular formula is C41H49Cl2N7O7S. The van der Waals surface area contributed by atoms with Gasteiger partial charge in [-0.05, 0) is 93.4 Å². The van der Waals surface area contributed by atoms with Crippen LogP contribution in [0.3, 0.4) is 0 Å². The minimum Gasteiger partial charge on any atom is -0.495 e. The Morgan fingerprint density at radius 3 is 2.34 bits per heavy atom. The summed E-state index contributed by atoms with van der Waals surface area (Å²) in [5, 5.41) is 2.83. The van der Waals surface area contributed by atoms with E-state index in [1.54, 1.807) is 61.6 Å². The Bertz CT molecular complexity index is 2320. The van der Waals surface area contributed by atoms with Gasteiger partial charge in [-0.15, -0.1) is 24.8 Å². The normalized spacial score (nSPS) is 12.9. The van der Waals surface area contributed by atoms with Crippen LogP contribution in [0.25, 0.3) is 11.0 Å². The number of amides is 3. The second-order valence-electron chi connectivity index (χ2n) is 13.8. The van der Waals surface area contributed by atoms with Crippen LogP contribution in [-0.4, -0.2) is 99.9 Å². The number of ether oxygens (including phenoxy) is 2. The van der Waals surface area contributed by atoms with Crippen molar-refractivity contribution in [1.29, 1.82) is 0 Å². The zero-order valence-electron chi connectivity index (χ0n) is 32.8. The Labute approximate surface area is 351 Å². The number of aromatic amines is 1. The third-order valence-corrected chi connectivity index (χ3v) is 11.0. The number of para-hydroxylation sites is 1. The number of aromatic nitrogens is 2. The fourth-order valence-electron chi connectivity index (χ4n) is 6.43. The van der Waals surface area contributed by atoms with Crippen LogP contribution in [-0.2, 0) is 14.8 Å². The third kappa shape index (κ3) is 11.0. The van der Waals surface area contributed by atoms with Crippen molar-refractivity contribution in [2.75, 3.05) is 68.9 Å². The van der Waals surface area contributed by atoms with E-state index in [-0.39, 0.29) is 64.3 Å². The maximum absolute atomic E-state index is 13.8. The lowest BCUT2D eigenvalue weighted by atomic mass is 10.1. The number of likely N-dealkylation sites (N-methyl/N-ethyl adjacent to an activating group) is 1. The molecule has 0 atom stereocenters. The standard InChI is InChI=1S/C41H47N7O7S.2ClH/c1-28-17-20-34(36(26-28)55-25-10-6-9-16-37(49)48-23-21-46(2)22-24-48)47(3)40(51)29-18-19-32(35(27-29)54-4)42-39(50)31-14-11-15-33-38(31)44-41(43-33)45-56(52,53)30-12-7-5-8-13-30;;/h5,7-8,11-15,17-20,26-27H,6,9-10,16,21-25H2,1-4H3,(H,42,50)(H2,43,44,45);2*1H. The number of fused-ring (bicyclic) bond motifs is 1. The van der Waals surface area contributed by atoms with Gasteiger partial charge >= 0.3 is 0 Å². The number of H-pyrrole nitrogens is 1. The number of imidazole rings is 1. The average molecular weight is 855 g/mol. The number of unbranched alkanes of at least 4 members (excludes halogenated alkanes) is 2. The largest absolute Gasteiger partial charge is 0.495 e. The zero-order valence-corrected chi connectivity index (χ0v) is 35.3. The van der Waals surface area contributed by atoms with Gasteiger partial charge in [0.2, 0.25) is 11.9 Å². The van der Waals surface area contributed by atoms with Crippen molar-refractivity contribution in [1.82, 2.24) is 19.8 Å². The van der Waals surface area contributed by atoms with Crippen LogP contribution >= 0.6 is 24.8 Å². The molecule has 14 nitrogen and oxygen atoms in total. The Kier molecular flexibility index (Phi) is 15.9. The van der Waals surface area contributed by atoms with Gasteiger partial charge in [-0.3, -0.25) is 14.4 Å². The summed E-state index contributed by atoms with van der Waals surface area (Å²) < 4.78 is 39.9. The molecule has 0 radical (unpaired) electrons. The van der Waals surface area contributed by atoms with Crippen molar-refractivity contribution < 1.29 is 32.3 Å². The number of benzene rings is 4. The molecule has 4 aromatic carbocycles. The molecule has 3 amide bonds. The summed E-state index contributed by atoms with van der Waals surface area (Å²) >= 11 is 0. The topological polar surface area (TPSA) is 166 Å². The SMILES string of the molecule is COc1cc(C(=O)N(C)c2ccc(C)cc2OCCCCCC(=O)N2CCN(C)CC2)ccc1NC(=O)c1cccc2[nH]c(NS(=O)(=O)c3ccccc3)nc12.Cl.Cl. The van der Waals surface area contributed by atoms with Gasteiger partial charge in [0.05, 0.1) is 41.1 Å². The Hall–Kier alpha value is -5.35. The van der Waals surface area contributed by atoms with Crippen LogP contribution in [0.2, 0.25) is 0 Å². The van der Waals surface area contributed by atoms with Crippen molar-refractivity contribution in [3.8, 4) is 11.5 Å². The maximum atomic E-state index is 13.8. The van der Waals surface area contributed by atoms with Crippen molar-refractivity contribution in [2.45, 2.75) is 37.5 Å². The third-order valence-electron chi connectivity index (χ3n) is 9.67. The number of piperazine rings is 1. The van der Waals surface area contributed by atoms with Crippen LogP contribution in [0.4, 0.5) is 17.3 Å². The van der Waals surface area contributed by atoms with Gasteiger partial charge < -0.3 is 34.5 Å². The van der Waals surface area contributed by atoms with E-state index in [4.69, 9.17) is 9.47 Å². The molecule has 1 aliphatic heterocycles. The molecule has 1 aliphatic rings. The first-order valence-corrected chi connectivity index (χ1v) is 20.0. The first-order valence-electron chi connectivity index (χ1n) is 18.5. The summed E-state index contributed by atoms with van der Waals surface area (Å²) in [5.74, 6) is 0.173. The summed E-state index contributed by atoms with van der Waals surface area (Å²) in [7, 11) is 1.27. The lowest BCUT2D eigenvalue weighted by Gasteiger charge is -2.32. The Balaban J connectivity index is 0.00000372. The van der Waals surface area contributed by atoms with Crippen LogP contribution < -0.4 is 24.4 Å². The van der Waals surface area contributed by atoms with Gasteiger partial charge in [0.25, 0.3) is 21.8 Å². The highest BCUT2D eigenvalue weighted by Gasteiger charge is 2.23. The molecule has 1 fully saturated rings. The van der Waals surface area contributed by atoms with Gasteiger partial charge in [-0.1, -0.05) is 30.3 Å². The number of anilines is 3. The molecule has 2 heterocycles. The lowest BCUT2D eigenvalue weighted by molar-refractivity contribution is -0.132. The minimum atomic E-state index is -3.92. The molecule has 1 aromatic heterocycles. The van der Waals surface area contributed by atoms with Crippen LogP contribution in [0, 0.1) is 6.92 Å². The molecule has 0 spiro atoms. The summed E-state index contributed by atoms with van der Waals surface area (Å²) in [6.45, 7) is 5.79. The molecule has 6 rings (SSSR count). The summed E-state index contributed by atoms with van der Waals surface area (Å²) in [5.41, 5.74) is 3.13. The first-order chi connectivity index (χ1) is 26.9. The molecule has 0 aliphatic carbocycles. The number of rotatable bonds is 15. The quantitative estimate of drug-likeness (QED) is 0.0965. The van der Waals surface area contributed by atoms with Crippen LogP contribution in [0.5, 0.6) is 11.5 Å². The monoisotopic (exact) mass is 853 g/mol. The Morgan fingerprint density at radius 2 is 1.62 bits per heavy atom. The van der Waals surface area contributed by atoms with Gasteiger partial charge in [-0.2, -0.15) is 0 Å². The fraction of sp³-hybridized carbons (Fsp3) is 0.317. The second kappa shape index (κ2) is 20.4. The number of methoxy groups -OCH3 is 1. The molecular weight excluding hydrogens is 805 g/mol. The summed E-state index contributed by atoms with van der Waals surface area (Å²) in [4.78, 5) is 53.0. The molecule has 58 heavy (non-hydrogen) atoms. The van der Waals surface area contributed by atoms with Crippen LogP contribution in [0.15, 0.2) is 89.8 Å². The minimum absolute atomic E-state index is 0. The van der Waals surface area contributed by atoms with Crippen molar-refractivity contribution in [2.24, 2.45) is 0 Å². The predicted octanol–water partition coefficient (Wildman–Crippen LogP) is 6.77. The number of nitrogens with one attached hydrogen (secondary N) is 3. The van der Waals surface area contributed by atoms with E-state index in [0.717, 1.165) is 51.0 Å². The van der Waals surface area contributed by atoms with Gasteiger partial charge in [-0.25, -0.2) is 18.1 Å². The van der Waals surface area contributed by atoms with E-state index >= 15 is 0 Å². The highest BCUT2D eigenvalue weighted by molar-refractivity contribution is 7.92. The molecule has 3 N–H and O–H groups in total. The lowest BCUT2D eigenvalue weighted by Crippen LogP contribution is -2.47. The van der Waals surface area contributed by atoms with Crippen molar-refractivity contribution >= 4 is 80.9 Å². The number of halogens is 2. The fourth-order valence-corrected chi connectivity index (χ4v) is 7.42.